The number of rotatable bonds is 6. The zero-order valence-electron chi connectivity index (χ0n) is 19.1. The molecular weight excluding hydrogens is 386 g/mol. The molecule has 166 valence electrons. The molecule has 1 saturated carbocycles. The van der Waals surface area contributed by atoms with Gasteiger partial charge in [0.15, 0.2) is 0 Å². The monoisotopic (exact) mass is 421 g/mol. The van der Waals surface area contributed by atoms with Crippen LogP contribution in [0.25, 0.3) is 0 Å². The number of anilines is 2. The molecule has 1 aromatic heterocycles. The van der Waals surface area contributed by atoms with Gasteiger partial charge in [0.25, 0.3) is 5.91 Å². The molecule has 2 aliphatic rings. The van der Waals surface area contributed by atoms with Crippen LogP contribution in [0.5, 0.6) is 0 Å². The van der Waals surface area contributed by atoms with Crippen molar-refractivity contribution in [3.63, 3.8) is 0 Å². The first-order valence-corrected chi connectivity index (χ1v) is 11.7. The Morgan fingerprint density at radius 3 is 2.61 bits per heavy atom. The fourth-order valence-corrected chi connectivity index (χ4v) is 4.83. The Labute approximate surface area is 185 Å². The predicted molar refractivity (Wildman–Crippen MR) is 126 cm³/mol. The van der Waals surface area contributed by atoms with Crippen LogP contribution in [-0.4, -0.2) is 42.6 Å². The standard InChI is InChI=1S/C25H35N5O/c1-17-7-6-8-19(15-17)24(31)26-16-18-11-13-20(14-12-18)27-25-28-22-10-5-4-9-21(22)23(29-25)30(2)3/h6-8,15,18,20H,4-5,9-14,16H2,1-3H3,(H,26,31)(H,27,28,29). The highest BCUT2D eigenvalue weighted by molar-refractivity contribution is 5.94. The summed E-state index contributed by atoms with van der Waals surface area (Å²) in [5, 5.41) is 6.73. The van der Waals surface area contributed by atoms with Gasteiger partial charge in [0.2, 0.25) is 5.95 Å². The number of benzene rings is 1. The number of nitrogens with zero attached hydrogens (tertiary/aromatic N) is 3. The van der Waals surface area contributed by atoms with Gasteiger partial charge in [-0.1, -0.05) is 17.7 Å². The van der Waals surface area contributed by atoms with Crippen molar-refractivity contribution >= 4 is 17.7 Å². The molecule has 1 amide bonds. The van der Waals surface area contributed by atoms with Crippen molar-refractivity contribution in [2.45, 2.75) is 64.3 Å². The van der Waals surface area contributed by atoms with E-state index in [0.717, 1.165) is 68.0 Å². The van der Waals surface area contributed by atoms with Gasteiger partial charge in [-0.2, -0.15) is 4.98 Å². The van der Waals surface area contributed by atoms with E-state index in [1.807, 2.05) is 31.2 Å². The Bertz CT molecular complexity index is 918. The zero-order valence-corrected chi connectivity index (χ0v) is 19.1. The normalized spacial score (nSPS) is 20.6. The van der Waals surface area contributed by atoms with E-state index >= 15 is 0 Å². The Balaban J connectivity index is 1.29. The van der Waals surface area contributed by atoms with E-state index in [0.29, 0.717) is 12.0 Å². The molecule has 2 aromatic rings. The van der Waals surface area contributed by atoms with E-state index in [2.05, 4.69) is 29.6 Å². The zero-order chi connectivity index (χ0) is 21.8. The Hall–Kier alpha value is -2.63. The van der Waals surface area contributed by atoms with Gasteiger partial charge in [-0.25, -0.2) is 4.98 Å². The van der Waals surface area contributed by atoms with E-state index in [-0.39, 0.29) is 5.91 Å². The number of carbonyl (C=O) groups excluding carboxylic acids is 1. The summed E-state index contributed by atoms with van der Waals surface area (Å²) in [4.78, 5) is 24.2. The van der Waals surface area contributed by atoms with Crippen LogP contribution in [-0.2, 0) is 12.8 Å². The highest BCUT2D eigenvalue weighted by Crippen LogP contribution is 2.30. The maximum absolute atomic E-state index is 12.4. The number of hydrogen-bond acceptors (Lipinski definition) is 5. The molecule has 2 aliphatic carbocycles. The molecule has 2 N–H and O–H groups in total. The van der Waals surface area contributed by atoms with Crippen LogP contribution in [0, 0.1) is 12.8 Å². The average Bonchev–Trinajstić information content (AvgIpc) is 2.77. The first-order valence-electron chi connectivity index (χ1n) is 11.7. The van der Waals surface area contributed by atoms with Crippen LogP contribution in [0.1, 0.15) is 65.7 Å². The summed E-state index contributed by atoms with van der Waals surface area (Å²) >= 11 is 0. The molecule has 6 nitrogen and oxygen atoms in total. The molecular formula is C25H35N5O. The lowest BCUT2D eigenvalue weighted by Gasteiger charge is -2.30. The van der Waals surface area contributed by atoms with Crippen molar-refractivity contribution in [2.24, 2.45) is 5.92 Å². The van der Waals surface area contributed by atoms with Crippen LogP contribution in [0.2, 0.25) is 0 Å². The molecule has 0 saturated heterocycles. The number of fused-ring (bicyclic) bond motifs is 1. The largest absolute Gasteiger partial charge is 0.362 e. The van der Waals surface area contributed by atoms with Crippen molar-refractivity contribution in [3.8, 4) is 0 Å². The second-order valence-electron chi connectivity index (χ2n) is 9.34. The third-order valence-corrected chi connectivity index (χ3v) is 6.60. The van der Waals surface area contributed by atoms with Gasteiger partial charge in [-0.05, 0) is 76.3 Å². The van der Waals surface area contributed by atoms with Crippen LogP contribution in [0.3, 0.4) is 0 Å². The molecule has 0 aliphatic heterocycles. The summed E-state index contributed by atoms with van der Waals surface area (Å²) in [5.74, 6) is 2.41. The summed E-state index contributed by atoms with van der Waals surface area (Å²) in [7, 11) is 4.13. The molecule has 0 radical (unpaired) electrons. The molecule has 1 aromatic carbocycles. The maximum atomic E-state index is 12.4. The minimum absolute atomic E-state index is 0.0302. The molecule has 31 heavy (non-hydrogen) atoms. The van der Waals surface area contributed by atoms with E-state index < -0.39 is 0 Å². The predicted octanol–water partition coefficient (Wildman–Crippen LogP) is 4.13. The molecule has 1 fully saturated rings. The van der Waals surface area contributed by atoms with Crippen molar-refractivity contribution in [2.75, 3.05) is 30.9 Å². The molecule has 0 unspecified atom stereocenters. The third-order valence-electron chi connectivity index (χ3n) is 6.60. The van der Waals surface area contributed by atoms with Gasteiger partial charge in [0.1, 0.15) is 5.82 Å². The average molecular weight is 422 g/mol. The van der Waals surface area contributed by atoms with Crippen molar-refractivity contribution < 1.29 is 4.79 Å². The lowest BCUT2D eigenvalue weighted by molar-refractivity contribution is 0.0943. The van der Waals surface area contributed by atoms with Crippen LogP contribution >= 0.6 is 0 Å². The lowest BCUT2D eigenvalue weighted by Crippen LogP contribution is -2.34. The summed E-state index contributed by atoms with van der Waals surface area (Å²) < 4.78 is 0. The van der Waals surface area contributed by atoms with E-state index in [9.17, 15) is 4.79 Å². The van der Waals surface area contributed by atoms with Crippen LogP contribution < -0.4 is 15.5 Å². The van der Waals surface area contributed by atoms with E-state index in [1.165, 1.54) is 24.1 Å². The van der Waals surface area contributed by atoms with Gasteiger partial charge >= 0.3 is 0 Å². The minimum atomic E-state index is 0.0302. The second kappa shape index (κ2) is 9.67. The Morgan fingerprint density at radius 1 is 1.10 bits per heavy atom. The Morgan fingerprint density at radius 2 is 1.87 bits per heavy atom. The van der Waals surface area contributed by atoms with E-state index in [1.54, 1.807) is 0 Å². The minimum Gasteiger partial charge on any atom is -0.362 e. The number of amides is 1. The van der Waals surface area contributed by atoms with Crippen LogP contribution in [0.15, 0.2) is 24.3 Å². The van der Waals surface area contributed by atoms with Crippen molar-refractivity contribution in [1.82, 2.24) is 15.3 Å². The van der Waals surface area contributed by atoms with Crippen LogP contribution in [0.4, 0.5) is 11.8 Å². The number of nitrogens with one attached hydrogen (secondary N) is 2. The second-order valence-corrected chi connectivity index (χ2v) is 9.34. The van der Waals surface area contributed by atoms with E-state index in [4.69, 9.17) is 9.97 Å². The van der Waals surface area contributed by atoms with Crippen molar-refractivity contribution in [1.29, 1.82) is 0 Å². The Kier molecular flexibility index (Phi) is 6.73. The smallest absolute Gasteiger partial charge is 0.251 e. The van der Waals surface area contributed by atoms with Gasteiger partial charge in [0, 0.05) is 37.8 Å². The van der Waals surface area contributed by atoms with Crippen molar-refractivity contribution in [3.05, 3.63) is 46.6 Å². The summed E-state index contributed by atoms with van der Waals surface area (Å²) in [6, 6.07) is 8.17. The number of aryl methyl sites for hydroxylation is 2. The summed E-state index contributed by atoms with van der Waals surface area (Å²) in [6.07, 6.45) is 8.98. The molecule has 0 atom stereocenters. The fourth-order valence-electron chi connectivity index (χ4n) is 4.83. The molecule has 0 spiro atoms. The number of hydrogen-bond donors (Lipinski definition) is 2. The highest BCUT2D eigenvalue weighted by atomic mass is 16.1. The van der Waals surface area contributed by atoms with Gasteiger partial charge in [-0.3, -0.25) is 4.79 Å². The fraction of sp³-hybridized carbons (Fsp3) is 0.560. The SMILES string of the molecule is Cc1cccc(C(=O)NCC2CCC(Nc3nc4c(c(N(C)C)n3)CCCC4)CC2)c1. The van der Waals surface area contributed by atoms with Gasteiger partial charge < -0.3 is 15.5 Å². The maximum Gasteiger partial charge on any atom is 0.251 e. The highest BCUT2D eigenvalue weighted by Gasteiger charge is 2.24. The first kappa shape index (κ1) is 21.6. The third kappa shape index (κ3) is 5.35. The molecule has 6 heteroatoms. The summed E-state index contributed by atoms with van der Waals surface area (Å²) in [5.41, 5.74) is 4.41. The lowest BCUT2D eigenvalue weighted by atomic mass is 9.86. The quantitative estimate of drug-likeness (QED) is 0.734. The molecule has 4 rings (SSSR count). The molecule has 1 heterocycles. The number of carbonyl (C=O) groups is 1. The number of aromatic nitrogens is 2. The van der Waals surface area contributed by atoms with Gasteiger partial charge in [-0.15, -0.1) is 0 Å². The first-order chi connectivity index (χ1) is 15.0. The van der Waals surface area contributed by atoms with Gasteiger partial charge in [0.05, 0.1) is 5.69 Å². The topological polar surface area (TPSA) is 70.2 Å². The molecule has 0 bridgehead atoms. The summed E-state index contributed by atoms with van der Waals surface area (Å²) in [6.45, 7) is 2.76.